The molecule has 0 amide bonds. The van der Waals surface area contributed by atoms with Crippen molar-refractivity contribution in [2.75, 3.05) is 18.8 Å². The Hall–Kier alpha value is -1.77. The Morgan fingerprint density at radius 1 is 1.15 bits per heavy atom. The van der Waals surface area contributed by atoms with Crippen molar-refractivity contribution in [2.45, 2.75) is 45.2 Å². The van der Waals surface area contributed by atoms with Crippen LogP contribution in [-0.4, -0.2) is 38.0 Å². The van der Waals surface area contributed by atoms with Crippen molar-refractivity contribution < 1.29 is 21.6 Å². The zero-order chi connectivity index (χ0) is 20.0. The summed E-state index contributed by atoms with van der Waals surface area (Å²) in [5.74, 6) is 0.291. The first kappa shape index (κ1) is 22.3. The molecule has 26 heavy (non-hydrogen) atoms. The maximum atomic E-state index is 12.7. The van der Waals surface area contributed by atoms with Crippen LogP contribution < -0.4 is 10.6 Å². The summed E-state index contributed by atoms with van der Waals surface area (Å²) in [5, 5.41) is 5.85. The zero-order valence-electron chi connectivity index (χ0n) is 15.4. The molecule has 1 aromatic rings. The lowest BCUT2D eigenvalue weighted by atomic mass is 10.1. The fourth-order valence-corrected chi connectivity index (χ4v) is 2.95. The fourth-order valence-electron chi connectivity index (χ4n) is 1.97. The summed E-state index contributed by atoms with van der Waals surface area (Å²) in [6.07, 6.45) is -4.40. The number of halogens is 3. The van der Waals surface area contributed by atoms with Gasteiger partial charge < -0.3 is 10.6 Å². The Morgan fingerprint density at radius 2 is 1.81 bits per heavy atom. The minimum Gasteiger partial charge on any atom is -0.357 e. The van der Waals surface area contributed by atoms with Crippen molar-refractivity contribution >= 4 is 15.8 Å². The molecule has 0 spiro atoms. The first-order chi connectivity index (χ1) is 11.9. The number of sulfone groups is 1. The van der Waals surface area contributed by atoms with Crippen LogP contribution in [0.3, 0.4) is 0 Å². The maximum Gasteiger partial charge on any atom is 0.416 e. The van der Waals surface area contributed by atoms with Crippen molar-refractivity contribution in [3.05, 3.63) is 35.4 Å². The lowest BCUT2D eigenvalue weighted by Crippen LogP contribution is -2.41. The minimum atomic E-state index is -4.40. The van der Waals surface area contributed by atoms with Crippen molar-refractivity contribution in [3.63, 3.8) is 0 Å². The standard InChI is InChI=1S/C17H26F3N3O2S/c1-5-21-15(22-9-10-26(24,25)16(2,3)4)23-12-13-7-6-8-14(11-13)17(18,19)20/h6-8,11H,5,9-10,12H2,1-4H3,(H2,21,22,23). The molecule has 5 nitrogen and oxygen atoms in total. The largest absolute Gasteiger partial charge is 0.416 e. The molecule has 0 unspecified atom stereocenters. The Balaban J connectivity index is 2.76. The van der Waals surface area contributed by atoms with E-state index in [-0.39, 0.29) is 18.8 Å². The summed E-state index contributed by atoms with van der Waals surface area (Å²) in [5.41, 5.74) is -0.307. The summed E-state index contributed by atoms with van der Waals surface area (Å²) in [6.45, 7) is 7.49. The summed E-state index contributed by atoms with van der Waals surface area (Å²) >= 11 is 0. The number of aliphatic imine (C=N–C) groups is 1. The Labute approximate surface area is 153 Å². The fraction of sp³-hybridized carbons (Fsp3) is 0.588. The molecule has 0 fully saturated rings. The molecule has 0 aliphatic heterocycles. The van der Waals surface area contributed by atoms with Gasteiger partial charge in [-0.05, 0) is 45.4 Å². The second kappa shape index (κ2) is 8.75. The van der Waals surface area contributed by atoms with E-state index >= 15 is 0 Å². The number of benzene rings is 1. The van der Waals surface area contributed by atoms with Gasteiger partial charge in [-0.2, -0.15) is 13.2 Å². The van der Waals surface area contributed by atoms with Crippen molar-refractivity contribution in [3.8, 4) is 0 Å². The van der Waals surface area contributed by atoms with Crippen molar-refractivity contribution in [2.24, 2.45) is 4.99 Å². The molecule has 0 atom stereocenters. The van der Waals surface area contributed by atoms with Crippen LogP contribution in [0.4, 0.5) is 13.2 Å². The Bertz CT molecular complexity index is 724. The van der Waals surface area contributed by atoms with E-state index < -0.39 is 26.3 Å². The van der Waals surface area contributed by atoms with Gasteiger partial charge in [-0.3, -0.25) is 0 Å². The molecule has 0 aromatic heterocycles. The van der Waals surface area contributed by atoms with Crippen molar-refractivity contribution in [1.29, 1.82) is 0 Å². The lowest BCUT2D eigenvalue weighted by Gasteiger charge is -2.19. The van der Waals surface area contributed by atoms with Crippen LogP contribution in [0, 0.1) is 0 Å². The Kier molecular flexibility index (Phi) is 7.49. The average Bonchev–Trinajstić information content (AvgIpc) is 2.51. The van der Waals surface area contributed by atoms with Gasteiger partial charge in [0.2, 0.25) is 0 Å². The van der Waals surface area contributed by atoms with Gasteiger partial charge in [-0.25, -0.2) is 13.4 Å². The van der Waals surface area contributed by atoms with Crippen LogP contribution in [0.15, 0.2) is 29.3 Å². The maximum absolute atomic E-state index is 12.7. The third-order valence-electron chi connectivity index (χ3n) is 3.61. The number of nitrogens with one attached hydrogen (secondary N) is 2. The van der Waals surface area contributed by atoms with Gasteiger partial charge in [0.15, 0.2) is 15.8 Å². The van der Waals surface area contributed by atoms with Crippen molar-refractivity contribution in [1.82, 2.24) is 10.6 Å². The van der Waals surface area contributed by atoms with Gasteiger partial charge in [0.05, 0.1) is 22.6 Å². The highest BCUT2D eigenvalue weighted by Crippen LogP contribution is 2.29. The number of hydrogen-bond acceptors (Lipinski definition) is 3. The molecule has 0 saturated carbocycles. The normalized spacial score (nSPS) is 13.6. The van der Waals surface area contributed by atoms with Gasteiger partial charge in [-0.1, -0.05) is 12.1 Å². The summed E-state index contributed by atoms with van der Waals surface area (Å²) in [6, 6.07) is 4.96. The molecule has 0 aliphatic carbocycles. The van der Waals surface area contributed by atoms with Crippen LogP contribution in [-0.2, 0) is 22.6 Å². The number of hydrogen-bond donors (Lipinski definition) is 2. The first-order valence-electron chi connectivity index (χ1n) is 8.27. The van der Waals surface area contributed by atoms with E-state index in [0.717, 1.165) is 12.1 Å². The molecule has 0 saturated heterocycles. The van der Waals surface area contributed by atoms with E-state index in [1.165, 1.54) is 6.07 Å². The molecule has 148 valence electrons. The molecule has 9 heteroatoms. The van der Waals surface area contributed by atoms with E-state index in [1.807, 2.05) is 6.92 Å². The van der Waals surface area contributed by atoms with E-state index in [9.17, 15) is 21.6 Å². The second-order valence-corrected chi connectivity index (χ2v) is 9.61. The number of alkyl halides is 3. The lowest BCUT2D eigenvalue weighted by molar-refractivity contribution is -0.137. The van der Waals surface area contributed by atoms with E-state index in [2.05, 4.69) is 15.6 Å². The predicted octanol–water partition coefficient (Wildman–Crippen LogP) is 2.97. The number of rotatable bonds is 6. The number of nitrogens with zero attached hydrogens (tertiary/aromatic N) is 1. The quantitative estimate of drug-likeness (QED) is 0.576. The van der Waals surface area contributed by atoms with Crippen LogP contribution in [0.5, 0.6) is 0 Å². The first-order valence-corrected chi connectivity index (χ1v) is 9.92. The average molecular weight is 393 g/mol. The summed E-state index contributed by atoms with van der Waals surface area (Å²) in [4.78, 5) is 4.22. The molecule has 2 N–H and O–H groups in total. The molecule has 1 rings (SSSR count). The van der Waals surface area contributed by atoms with E-state index in [1.54, 1.807) is 26.8 Å². The molecule has 0 aliphatic rings. The second-order valence-electron chi connectivity index (χ2n) is 6.75. The molecule has 1 aromatic carbocycles. The van der Waals surface area contributed by atoms with Crippen LogP contribution in [0.25, 0.3) is 0 Å². The highest BCUT2D eigenvalue weighted by Gasteiger charge is 2.30. The summed E-state index contributed by atoms with van der Waals surface area (Å²) < 4.78 is 61.6. The monoisotopic (exact) mass is 393 g/mol. The van der Waals surface area contributed by atoms with Crippen LogP contribution >= 0.6 is 0 Å². The third kappa shape index (κ3) is 6.86. The number of guanidine groups is 1. The molecular formula is C17H26F3N3O2S. The van der Waals surface area contributed by atoms with Gasteiger partial charge in [-0.15, -0.1) is 0 Å². The zero-order valence-corrected chi connectivity index (χ0v) is 16.3. The van der Waals surface area contributed by atoms with Gasteiger partial charge in [0, 0.05) is 13.1 Å². The van der Waals surface area contributed by atoms with E-state index in [4.69, 9.17) is 0 Å². The highest BCUT2D eigenvalue weighted by atomic mass is 32.2. The smallest absolute Gasteiger partial charge is 0.357 e. The van der Waals surface area contributed by atoms with Gasteiger partial charge >= 0.3 is 6.18 Å². The van der Waals surface area contributed by atoms with E-state index in [0.29, 0.717) is 18.1 Å². The van der Waals surface area contributed by atoms with Crippen LogP contribution in [0.1, 0.15) is 38.8 Å². The van der Waals surface area contributed by atoms with Gasteiger partial charge in [0.1, 0.15) is 0 Å². The topological polar surface area (TPSA) is 70.6 Å². The van der Waals surface area contributed by atoms with Gasteiger partial charge in [0.25, 0.3) is 0 Å². The SMILES string of the molecule is CCNC(=NCc1cccc(C(F)(F)F)c1)NCCS(=O)(=O)C(C)(C)C. The highest BCUT2D eigenvalue weighted by molar-refractivity contribution is 7.92. The molecule has 0 bridgehead atoms. The predicted molar refractivity (Wildman–Crippen MR) is 97.8 cm³/mol. The Morgan fingerprint density at radius 3 is 2.35 bits per heavy atom. The third-order valence-corrected chi connectivity index (χ3v) is 6.22. The van der Waals surface area contributed by atoms with Crippen LogP contribution in [0.2, 0.25) is 0 Å². The minimum absolute atomic E-state index is 0.0469. The molecular weight excluding hydrogens is 367 g/mol. The molecule has 0 radical (unpaired) electrons. The summed E-state index contributed by atoms with van der Waals surface area (Å²) in [7, 11) is -3.27. The molecule has 0 heterocycles.